The zero-order chi connectivity index (χ0) is 10.0. The van der Waals surface area contributed by atoms with E-state index in [1.807, 2.05) is 0 Å². The molecule has 1 spiro atoms. The number of rotatable bonds is 2. The molecule has 0 aliphatic carbocycles. The largest absolute Gasteiger partial charge is 0.375 e. The number of nitrogens with zero attached hydrogens (tertiary/aromatic N) is 1. The van der Waals surface area contributed by atoms with E-state index in [9.17, 15) is 0 Å². The molecule has 14 heavy (non-hydrogen) atoms. The molecule has 0 radical (unpaired) electrons. The first kappa shape index (κ1) is 10.4. The molecule has 0 aromatic rings. The van der Waals surface area contributed by atoms with Crippen LogP contribution >= 0.6 is 0 Å². The predicted molar refractivity (Wildman–Crippen MR) is 58.4 cm³/mol. The van der Waals surface area contributed by atoms with Gasteiger partial charge in [0.1, 0.15) is 0 Å². The van der Waals surface area contributed by atoms with Crippen molar-refractivity contribution in [3.8, 4) is 0 Å². The van der Waals surface area contributed by atoms with Gasteiger partial charge in [0.25, 0.3) is 0 Å². The van der Waals surface area contributed by atoms with E-state index < -0.39 is 0 Å². The molecule has 82 valence electrons. The Labute approximate surface area is 87.6 Å². The van der Waals surface area contributed by atoms with Crippen molar-refractivity contribution in [3.63, 3.8) is 0 Å². The van der Waals surface area contributed by atoms with Gasteiger partial charge in [-0.3, -0.25) is 0 Å². The van der Waals surface area contributed by atoms with Crippen LogP contribution in [0.4, 0.5) is 0 Å². The number of likely N-dealkylation sites (tertiary alicyclic amines) is 1. The predicted octanol–water partition coefficient (Wildman–Crippen LogP) is 2.29. The fraction of sp³-hybridized carbons (Fsp3) is 1.00. The molecule has 0 aromatic heterocycles. The Bertz CT molecular complexity index is 185. The Hall–Kier alpha value is -0.0800. The first-order chi connectivity index (χ1) is 6.74. The Kier molecular flexibility index (Phi) is 3.13. The van der Waals surface area contributed by atoms with Gasteiger partial charge in [-0.05, 0) is 38.6 Å². The lowest BCUT2D eigenvalue weighted by Gasteiger charge is -2.37. The molecule has 2 aliphatic heterocycles. The van der Waals surface area contributed by atoms with E-state index in [1.165, 1.54) is 45.2 Å². The van der Waals surface area contributed by atoms with Gasteiger partial charge in [0.05, 0.1) is 12.2 Å². The van der Waals surface area contributed by atoms with Crippen molar-refractivity contribution in [2.45, 2.75) is 44.6 Å². The Morgan fingerprint density at radius 3 is 2.71 bits per heavy atom. The van der Waals surface area contributed by atoms with Gasteiger partial charge in [-0.15, -0.1) is 0 Å². The zero-order valence-corrected chi connectivity index (χ0v) is 9.59. The van der Waals surface area contributed by atoms with Crippen LogP contribution in [0.15, 0.2) is 0 Å². The molecule has 1 unspecified atom stereocenters. The number of piperidine rings is 1. The Balaban J connectivity index is 1.86. The van der Waals surface area contributed by atoms with Crippen LogP contribution in [-0.2, 0) is 4.74 Å². The standard InChI is InChI=1S/C12H23NO/c1-3-4-11-9-12(14-10-11)5-7-13(2)8-6-12/h11H,3-10H2,1-2H3. The molecule has 2 aliphatic rings. The summed E-state index contributed by atoms with van der Waals surface area (Å²) >= 11 is 0. The molecular weight excluding hydrogens is 174 g/mol. The second-order valence-corrected chi connectivity index (χ2v) is 5.16. The van der Waals surface area contributed by atoms with Gasteiger partial charge in [-0.25, -0.2) is 0 Å². The van der Waals surface area contributed by atoms with E-state index in [0.29, 0.717) is 0 Å². The van der Waals surface area contributed by atoms with Crippen LogP contribution in [0, 0.1) is 5.92 Å². The van der Waals surface area contributed by atoms with E-state index in [-0.39, 0.29) is 5.60 Å². The highest BCUT2D eigenvalue weighted by Gasteiger charge is 2.41. The summed E-state index contributed by atoms with van der Waals surface area (Å²) in [4.78, 5) is 2.42. The molecular formula is C12H23NO. The van der Waals surface area contributed by atoms with Crippen molar-refractivity contribution in [1.29, 1.82) is 0 Å². The van der Waals surface area contributed by atoms with Crippen LogP contribution in [0.5, 0.6) is 0 Å². The maximum absolute atomic E-state index is 6.07. The summed E-state index contributed by atoms with van der Waals surface area (Å²) < 4.78 is 6.07. The van der Waals surface area contributed by atoms with Crippen LogP contribution in [0.25, 0.3) is 0 Å². The van der Waals surface area contributed by atoms with Gasteiger partial charge in [-0.2, -0.15) is 0 Å². The van der Waals surface area contributed by atoms with Crippen LogP contribution in [0.1, 0.15) is 39.0 Å². The van der Waals surface area contributed by atoms with E-state index in [1.54, 1.807) is 0 Å². The summed E-state index contributed by atoms with van der Waals surface area (Å²) in [5, 5.41) is 0. The van der Waals surface area contributed by atoms with Crippen molar-refractivity contribution in [2.75, 3.05) is 26.7 Å². The smallest absolute Gasteiger partial charge is 0.0710 e. The highest BCUT2D eigenvalue weighted by molar-refractivity contribution is 4.92. The quantitative estimate of drug-likeness (QED) is 0.673. The van der Waals surface area contributed by atoms with Gasteiger partial charge in [0.15, 0.2) is 0 Å². The summed E-state index contributed by atoms with van der Waals surface area (Å²) in [6.07, 6.45) is 6.50. The fourth-order valence-electron chi connectivity index (χ4n) is 2.91. The van der Waals surface area contributed by atoms with Gasteiger partial charge in [0.2, 0.25) is 0 Å². The lowest BCUT2D eigenvalue weighted by atomic mass is 9.84. The second-order valence-electron chi connectivity index (χ2n) is 5.16. The normalized spacial score (nSPS) is 32.6. The van der Waals surface area contributed by atoms with Crippen LogP contribution in [-0.4, -0.2) is 37.2 Å². The average Bonchev–Trinajstić information content (AvgIpc) is 2.56. The maximum atomic E-state index is 6.07. The minimum absolute atomic E-state index is 0.284. The van der Waals surface area contributed by atoms with Crippen molar-refractivity contribution in [1.82, 2.24) is 4.90 Å². The molecule has 0 bridgehead atoms. The number of ether oxygens (including phenoxy) is 1. The molecule has 2 heteroatoms. The lowest BCUT2D eigenvalue weighted by Crippen LogP contribution is -2.42. The van der Waals surface area contributed by atoms with Gasteiger partial charge in [-0.1, -0.05) is 13.3 Å². The molecule has 2 rings (SSSR count). The van der Waals surface area contributed by atoms with Crippen LogP contribution < -0.4 is 0 Å². The average molecular weight is 197 g/mol. The third-order valence-corrected chi connectivity index (χ3v) is 3.88. The molecule has 0 aromatic carbocycles. The lowest BCUT2D eigenvalue weighted by molar-refractivity contribution is -0.0394. The zero-order valence-electron chi connectivity index (χ0n) is 9.59. The highest BCUT2D eigenvalue weighted by atomic mass is 16.5. The van der Waals surface area contributed by atoms with Crippen molar-refractivity contribution in [2.24, 2.45) is 5.92 Å². The van der Waals surface area contributed by atoms with Crippen LogP contribution in [0.2, 0.25) is 0 Å². The Morgan fingerprint density at radius 1 is 1.36 bits per heavy atom. The van der Waals surface area contributed by atoms with E-state index >= 15 is 0 Å². The molecule has 0 amide bonds. The van der Waals surface area contributed by atoms with Crippen molar-refractivity contribution in [3.05, 3.63) is 0 Å². The number of hydrogen-bond acceptors (Lipinski definition) is 2. The summed E-state index contributed by atoms with van der Waals surface area (Å²) in [6.45, 7) is 5.74. The monoisotopic (exact) mass is 197 g/mol. The van der Waals surface area contributed by atoms with Gasteiger partial charge >= 0.3 is 0 Å². The molecule has 0 N–H and O–H groups in total. The van der Waals surface area contributed by atoms with Gasteiger partial charge in [0, 0.05) is 13.1 Å². The third-order valence-electron chi connectivity index (χ3n) is 3.88. The molecule has 2 heterocycles. The van der Waals surface area contributed by atoms with Crippen molar-refractivity contribution < 1.29 is 4.74 Å². The minimum Gasteiger partial charge on any atom is -0.375 e. The number of hydrogen-bond donors (Lipinski definition) is 0. The fourth-order valence-corrected chi connectivity index (χ4v) is 2.91. The summed E-state index contributed by atoms with van der Waals surface area (Å²) in [5.41, 5.74) is 0.284. The van der Waals surface area contributed by atoms with Gasteiger partial charge < -0.3 is 9.64 Å². The molecule has 2 fully saturated rings. The first-order valence-electron chi connectivity index (χ1n) is 6.06. The second kappa shape index (κ2) is 4.19. The SMILES string of the molecule is CCCC1COC2(CCN(C)CC2)C1. The third kappa shape index (κ3) is 2.12. The molecule has 0 saturated carbocycles. The van der Waals surface area contributed by atoms with Crippen LogP contribution in [0.3, 0.4) is 0 Å². The summed E-state index contributed by atoms with van der Waals surface area (Å²) in [6, 6.07) is 0. The molecule has 1 atom stereocenters. The summed E-state index contributed by atoms with van der Waals surface area (Å²) in [7, 11) is 2.21. The summed E-state index contributed by atoms with van der Waals surface area (Å²) in [5.74, 6) is 0.850. The first-order valence-corrected chi connectivity index (χ1v) is 6.06. The molecule has 2 saturated heterocycles. The Morgan fingerprint density at radius 2 is 2.07 bits per heavy atom. The molecule has 2 nitrogen and oxygen atoms in total. The van der Waals surface area contributed by atoms with E-state index in [0.717, 1.165) is 12.5 Å². The minimum atomic E-state index is 0.284. The van der Waals surface area contributed by atoms with E-state index in [4.69, 9.17) is 4.74 Å². The van der Waals surface area contributed by atoms with E-state index in [2.05, 4.69) is 18.9 Å². The van der Waals surface area contributed by atoms with Crippen molar-refractivity contribution >= 4 is 0 Å². The topological polar surface area (TPSA) is 12.5 Å². The maximum Gasteiger partial charge on any atom is 0.0710 e. The highest BCUT2D eigenvalue weighted by Crippen LogP contribution is 2.39.